The number of nitrogens with one attached hydrogen (secondary N) is 1. The van der Waals surface area contributed by atoms with Crippen molar-refractivity contribution in [1.29, 1.82) is 0 Å². The molecule has 0 aliphatic heterocycles. The molecule has 0 unspecified atom stereocenters. The molecule has 0 radical (unpaired) electrons. The Morgan fingerprint density at radius 1 is 1.00 bits per heavy atom. The van der Waals surface area contributed by atoms with Crippen molar-refractivity contribution in [2.75, 3.05) is 12.4 Å². The Bertz CT molecular complexity index is 769. The normalized spacial score (nSPS) is 10.8. The summed E-state index contributed by atoms with van der Waals surface area (Å²) in [4.78, 5) is 17.8. The van der Waals surface area contributed by atoms with Gasteiger partial charge in [0.05, 0.1) is 11.0 Å². The van der Waals surface area contributed by atoms with Crippen LogP contribution in [0.2, 0.25) is 0 Å². The lowest BCUT2D eigenvalue weighted by Crippen LogP contribution is -2.01. The molecule has 0 spiro atoms. The zero-order chi connectivity index (χ0) is 14.7. The van der Waals surface area contributed by atoms with Gasteiger partial charge in [-0.3, -0.25) is 9.97 Å². The van der Waals surface area contributed by atoms with E-state index in [1.807, 2.05) is 31.3 Å². The Balaban J connectivity index is 2.10. The van der Waals surface area contributed by atoms with Crippen molar-refractivity contribution in [3.8, 4) is 11.4 Å². The van der Waals surface area contributed by atoms with Gasteiger partial charge in [-0.25, -0.2) is 9.97 Å². The fourth-order valence-corrected chi connectivity index (χ4v) is 2.24. The van der Waals surface area contributed by atoms with E-state index < -0.39 is 0 Å². The second-order valence-electron chi connectivity index (χ2n) is 4.83. The van der Waals surface area contributed by atoms with E-state index in [1.165, 1.54) is 0 Å². The van der Waals surface area contributed by atoms with Gasteiger partial charge >= 0.3 is 0 Å². The van der Waals surface area contributed by atoms with Gasteiger partial charge in [0.25, 0.3) is 0 Å². The van der Waals surface area contributed by atoms with Crippen molar-refractivity contribution in [2.45, 2.75) is 19.8 Å². The lowest BCUT2D eigenvalue weighted by molar-refractivity contribution is 0.876. The van der Waals surface area contributed by atoms with Gasteiger partial charge in [-0.15, -0.1) is 0 Å². The molecule has 1 aromatic carbocycles. The molecule has 0 atom stereocenters. The van der Waals surface area contributed by atoms with Crippen LogP contribution >= 0.6 is 0 Å². The van der Waals surface area contributed by atoms with E-state index in [0.29, 0.717) is 0 Å². The van der Waals surface area contributed by atoms with Gasteiger partial charge in [0.15, 0.2) is 5.82 Å². The number of rotatable bonds is 4. The molecule has 2 aromatic heterocycles. The number of nitrogens with zero attached hydrogens (tertiary/aromatic N) is 4. The van der Waals surface area contributed by atoms with Crippen molar-refractivity contribution in [3.05, 3.63) is 42.4 Å². The molecule has 3 rings (SSSR count). The van der Waals surface area contributed by atoms with Gasteiger partial charge in [-0.1, -0.05) is 13.3 Å². The smallest absolute Gasteiger partial charge is 0.161 e. The van der Waals surface area contributed by atoms with Gasteiger partial charge in [0, 0.05) is 36.8 Å². The molecular weight excluding hydrogens is 262 g/mol. The van der Waals surface area contributed by atoms with E-state index in [-0.39, 0.29) is 0 Å². The minimum absolute atomic E-state index is 0.720. The molecule has 5 nitrogen and oxygen atoms in total. The minimum Gasteiger partial charge on any atom is -0.373 e. The number of aromatic nitrogens is 4. The highest BCUT2D eigenvalue weighted by atomic mass is 15.0. The van der Waals surface area contributed by atoms with Crippen LogP contribution < -0.4 is 5.32 Å². The van der Waals surface area contributed by atoms with Crippen LogP contribution in [0.4, 0.5) is 5.82 Å². The van der Waals surface area contributed by atoms with Crippen molar-refractivity contribution in [3.63, 3.8) is 0 Å². The number of fused-ring (bicyclic) bond motifs is 1. The quantitative estimate of drug-likeness (QED) is 0.795. The largest absolute Gasteiger partial charge is 0.373 e. The Hall–Kier alpha value is -2.56. The van der Waals surface area contributed by atoms with E-state index in [2.05, 4.69) is 32.2 Å². The topological polar surface area (TPSA) is 63.6 Å². The summed E-state index contributed by atoms with van der Waals surface area (Å²) in [5.74, 6) is 1.56. The first-order chi connectivity index (χ1) is 10.3. The molecule has 2 heterocycles. The lowest BCUT2D eigenvalue weighted by atomic mass is 10.1. The fraction of sp³-hybridized carbons (Fsp3) is 0.250. The van der Waals surface area contributed by atoms with Gasteiger partial charge < -0.3 is 5.32 Å². The molecule has 0 amide bonds. The summed E-state index contributed by atoms with van der Waals surface area (Å²) < 4.78 is 0. The first-order valence-electron chi connectivity index (χ1n) is 7.07. The van der Waals surface area contributed by atoms with Crippen LogP contribution in [0.25, 0.3) is 22.4 Å². The Labute approximate surface area is 123 Å². The third-order valence-electron chi connectivity index (χ3n) is 3.27. The summed E-state index contributed by atoms with van der Waals surface area (Å²) in [5.41, 5.74) is 3.73. The second kappa shape index (κ2) is 5.83. The molecule has 0 aliphatic carbocycles. The second-order valence-corrected chi connectivity index (χ2v) is 4.83. The number of anilines is 1. The number of hydrogen-bond acceptors (Lipinski definition) is 5. The lowest BCUT2D eigenvalue weighted by Gasteiger charge is -2.08. The summed E-state index contributed by atoms with van der Waals surface area (Å²) in [6.45, 7) is 2.15. The van der Waals surface area contributed by atoms with Crippen LogP contribution in [0, 0.1) is 0 Å². The highest BCUT2D eigenvalue weighted by molar-refractivity contribution is 5.79. The highest BCUT2D eigenvalue weighted by Gasteiger charge is 2.07. The highest BCUT2D eigenvalue weighted by Crippen LogP contribution is 2.21. The third-order valence-corrected chi connectivity index (χ3v) is 3.27. The minimum atomic E-state index is 0.720. The molecule has 0 bridgehead atoms. The molecule has 0 saturated heterocycles. The fourth-order valence-electron chi connectivity index (χ4n) is 2.24. The van der Waals surface area contributed by atoms with Gasteiger partial charge in [0.2, 0.25) is 0 Å². The van der Waals surface area contributed by atoms with E-state index in [9.17, 15) is 0 Å². The number of aryl methyl sites for hydroxylation is 1. The van der Waals surface area contributed by atoms with Crippen molar-refractivity contribution in [1.82, 2.24) is 19.9 Å². The summed E-state index contributed by atoms with van der Waals surface area (Å²) in [5, 5.41) is 3.09. The van der Waals surface area contributed by atoms with Crippen molar-refractivity contribution in [2.24, 2.45) is 0 Å². The zero-order valence-corrected chi connectivity index (χ0v) is 12.2. The van der Waals surface area contributed by atoms with Crippen LogP contribution in [0.5, 0.6) is 0 Å². The maximum Gasteiger partial charge on any atom is 0.161 e. The average Bonchev–Trinajstić information content (AvgIpc) is 2.54. The van der Waals surface area contributed by atoms with Crippen LogP contribution in [-0.4, -0.2) is 27.0 Å². The van der Waals surface area contributed by atoms with Crippen LogP contribution in [0.15, 0.2) is 36.7 Å². The first-order valence-corrected chi connectivity index (χ1v) is 7.07. The van der Waals surface area contributed by atoms with Gasteiger partial charge in [0.1, 0.15) is 5.82 Å². The molecule has 106 valence electrons. The van der Waals surface area contributed by atoms with Crippen molar-refractivity contribution >= 4 is 16.9 Å². The van der Waals surface area contributed by atoms with E-state index in [0.717, 1.165) is 46.8 Å². The zero-order valence-electron chi connectivity index (χ0n) is 12.2. The molecule has 5 heteroatoms. The first kappa shape index (κ1) is 13.4. The van der Waals surface area contributed by atoms with E-state index in [1.54, 1.807) is 12.4 Å². The van der Waals surface area contributed by atoms with Crippen LogP contribution in [-0.2, 0) is 6.42 Å². The molecule has 3 aromatic rings. The molecule has 1 N–H and O–H groups in total. The molecule has 0 fully saturated rings. The summed E-state index contributed by atoms with van der Waals surface area (Å²) in [6.07, 6.45) is 5.39. The molecule has 0 aliphatic rings. The Morgan fingerprint density at radius 2 is 1.81 bits per heavy atom. The summed E-state index contributed by atoms with van der Waals surface area (Å²) in [7, 11) is 1.87. The Morgan fingerprint density at radius 3 is 2.57 bits per heavy atom. The van der Waals surface area contributed by atoms with E-state index >= 15 is 0 Å². The number of hydrogen-bond donors (Lipinski definition) is 1. The van der Waals surface area contributed by atoms with E-state index in [4.69, 9.17) is 0 Å². The molecule has 0 saturated carbocycles. The van der Waals surface area contributed by atoms with Crippen LogP contribution in [0.1, 0.15) is 19.0 Å². The standard InChI is InChI=1S/C16H17N5/c1-3-4-12-10-15(17-2)21-16(20-12)11-5-6-13-14(9-11)19-8-7-18-13/h5-10H,3-4H2,1-2H3,(H,17,20,21). The van der Waals surface area contributed by atoms with Gasteiger partial charge in [-0.05, 0) is 24.6 Å². The molecule has 21 heavy (non-hydrogen) atoms. The SMILES string of the molecule is CCCc1cc(NC)nc(-c2ccc3nccnc3c2)n1. The Kier molecular flexibility index (Phi) is 3.73. The third kappa shape index (κ3) is 2.81. The number of benzene rings is 1. The molecular formula is C16H17N5. The maximum atomic E-state index is 4.65. The average molecular weight is 279 g/mol. The maximum absolute atomic E-state index is 4.65. The summed E-state index contributed by atoms with van der Waals surface area (Å²) >= 11 is 0. The summed E-state index contributed by atoms with van der Waals surface area (Å²) in [6, 6.07) is 7.91. The predicted octanol–water partition coefficient (Wildman–Crippen LogP) is 3.08. The monoisotopic (exact) mass is 279 g/mol. The predicted molar refractivity (Wildman–Crippen MR) is 84.1 cm³/mol. The van der Waals surface area contributed by atoms with Crippen molar-refractivity contribution < 1.29 is 0 Å². The van der Waals surface area contributed by atoms with Crippen LogP contribution in [0.3, 0.4) is 0 Å². The van der Waals surface area contributed by atoms with Gasteiger partial charge in [-0.2, -0.15) is 0 Å².